The molecule has 1 aromatic carbocycles. The third kappa shape index (κ3) is 4.59. The fourth-order valence-electron chi connectivity index (χ4n) is 3.28. The average molecular weight is 398 g/mol. The van der Waals surface area contributed by atoms with Crippen LogP contribution in [0.5, 0.6) is 0 Å². The largest absolute Gasteiger partial charge is 0.433 e. The molecule has 3 atom stereocenters. The molecule has 2 aromatic rings. The summed E-state index contributed by atoms with van der Waals surface area (Å²) < 4.78 is 38.1. The number of nitrogens with zero attached hydrogens (tertiary/aromatic N) is 1. The van der Waals surface area contributed by atoms with Crippen molar-refractivity contribution in [3.8, 4) is 0 Å². The maximum Gasteiger partial charge on any atom is 0.433 e. The molecule has 0 radical (unpaired) electrons. The zero-order valence-electron chi connectivity index (χ0n) is 14.6. The number of halogens is 4. The van der Waals surface area contributed by atoms with Gasteiger partial charge in [0.2, 0.25) is 5.91 Å². The Labute approximate surface area is 160 Å². The van der Waals surface area contributed by atoms with Gasteiger partial charge in [0.15, 0.2) is 0 Å². The lowest BCUT2D eigenvalue weighted by atomic mass is 9.89. The summed E-state index contributed by atoms with van der Waals surface area (Å²) in [4.78, 5) is 16.2. The molecule has 1 amide bonds. The molecule has 3 unspecified atom stereocenters. The van der Waals surface area contributed by atoms with E-state index in [0.717, 1.165) is 11.6 Å². The van der Waals surface area contributed by atoms with Crippen LogP contribution >= 0.6 is 11.6 Å². The number of aromatic nitrogens is 1. The second-order valence-electron chi connectivity index (χ2n) is 6.63. The Morgan fingerprint density at radius 2 is 2.07 bits per heavy atom. The highest BCUT2D eigenvalue weighted by Crippen LogP contribution is 2.32. The second kappa shape index (κ2) is 7.86. The van der Waals surface area contributed by atoms with Gasteiger partial charge in [0.25, 0.3) is 0 Å². The molecular formula is C19H19ClF3N3O. The third-order valence-electron chi connectivity index (χ3n) is 4.76. The lowest BCUT2D eigenvalue weighted by Gasteiger charge is -2.22. The number of rotatable bonds is 4. The highest BCUT2D eigenvalue weighted by Gasteiger charge is 2.36. The van der Waals surface area contributed by atoms with E-state index in [9.17, 15) is 18.0 Å². The molecule has 144 valence electrons. The van der Waals surface area contributed by atoms with E-state index in [2.05, 4.69) is 15.6 Å². The summed E-state index contributed by atoms with van der Waals surface area (Å²) in [7, 11) is 0. The van der Waals surface area contributed by atoms with Gasteiger partial charge < -0.3 is 10.6 Å². The molecule has 0 spiro atoms. The van der Waals surface area contributed by atoms with Gasteiger partial charge in [-0.25, -0.2) is 0 Å². The predicted molar refractivity (Wildman–Crippen MR) is 96.3 cm³/mol. The van der Waals surface area contributed by atoms with Crippen molar-refractivity contribution in [3.63, 3.8) is 0 Å². The molecule has 0 saturated carbocycles. The monoisotopic (exact) mass is 397 g/mol. The Balaban J connectivity index is 1.71. The van der Waals surface area contributed by atoms with Gasteiger partial charge in [-0.3, -0.25) is 9.78 Å². The molecule has 1 aliphatic rings. The molecule has 3 rings (SSSR count). The van der Waals surface area contributed by atoms with Crippen LogP contribution in [0.1, 0.15) is 35.7 Å². The predicted octanol–water partition coefficient (Wildman–Crippen LogP) is 3.93. The standard InChI is InChI=1S/C19H19ClF3N3O/c1-11(12-3-2-4-14(20)7-12)26-18(27)16-10-24-9-15(16)13-5-6-17(25-8-13)19(21,22)23/h2-8,11,15-16,24H,9-10H2,1H3,(H,26,27). The number of pyridine rings is 1. The van der Waals surface area contributed by atoms with Crippen molar-refractivity contribution >= 4 is 17.5 Å². The van der Waals surface area contributed by atoms with Crippen molar-refractivity contribution in [2.24, 2.45) is 5.92 Å². The van der Waals surface area contributed by atoms with Crippen molar-refractivity contribution in [2.75, 3.05) is 13.1 Å². The Morgan fingerprint density at radius 1 is 1.30 bits per heavy atom. The van der Waals surface area contributed by atoms with Crippen molar-refractivity contribution < 1.29 is 18.0 Å². The van der Waals surface area contributed by atoms with Gasteiger partial charge in [-0.05, 0) is 36.2 Å². The minimum atomic E-state index is -4.48. The molecule has 2 N–H and O–H groups in total. The first-order valence-corrected chi connectivity index (χ1v) is 8.93. The SMILES string of the molecule is CC(NC(=O)C1CNCC1c1ccc(C(F)(F)F)nc1)c1cccc(Cl)c1. The molecule has 1 aliphatic heterocycles. The highest BCUT2D eigenvalue weighted by molar-refractivity contribution is 6.30. The van der Waals surface area contributed by atoms with Gasteiger partial charge >= 0.3 is 6.18 Å². The van der Waals surface area contributed by atoms with Crippen LogP contribution in [0.4, 0.5) is 13.2 Å². The Bertz CT molecular complexity index is 811. The van der Waals surface area contributed by atoms with Crippen molar-refractivity contribution in [1.29, 1.82) is 0 Å². The molecule has 0 aliphatic carbocycles. The van der Waals surface area contributed by atoms with Gasteiger partial charge in [0.05, 0.1) is 12.0 Å². The first-order valence-electron chi connectivity index (χ1n) is 8.55. The van der Waals surface area contributed by atoms with Crippen LogP contribution in [-0.2, 0) is 11.0 Å². The summed E-state index contributed by atoms with van der Waals surface area (Å²) in [6.07, 6.45) is -3.27. The van der Waals surface area contributed by atoms with Crippen molar-refractivity contribution in [2.45, 2.75) is 25.1 Å². The van der Waals surface area contributed by atoms with Gasteiger partial charge in [-0.15, -0.1) is 0 Å². The molecule has 1 saturated heterocycles. The summed E-state index contributed by atoms with van der Waals surface area (Å²) >= 11 is 5.99. The Kier molecular flexibility index (Phi) is 5.72. The van der Waals surface area contributed by atoms with E-state index < -0.39 is 11.9 Å². The maximum atomic E-state index is 12.7. The fourth-order valence-corrected chi connectivity index (χ4v) is 3.48. The molecule has 8 heteroatoms. The molecule has 27 heavy (non-hydrogen) atoms. The lowest BCUT2D eigenvalue weighted by molar-refractivity contribution is -0.141. The van der Waals surface area contributed by atoms with E-state index in [1.165, 1.54) is 12.3 Å². The van der Waals surface area contributed by atoms with Crippen LogP contribution in [0, 0.1) is 5.92 Å². The number of alkyl halides is 3. The van der Waals surface area contributed by atoms with Gasteiger partial charge in [-0.1, -0.05) is 29.8 Å². The van der Waals surface area contributed by atoms with E-state index >= 15 is 0 Å². The van der Waals surface area contributed by atoms with E-state index in [1.807, 2.05) is 19.1 Å². The van der Waals surface area contributed by atoms with E-state index in [1.54, 1.807) is 12.1 Å². The normalized spacial score (nSPS) is 21.1. The van der Waals surface area contributed by atoms with Gasteiger partial charge in [-0.2, -0.15) is 13.2 Å². The molecule has 1 aromatic heterocycles. The summed E-state index contributed by atoms with van der Waals surface area (Å²) in [5, 5.41) is 6.69. The number of amides is 1. The minimum absolute atomic E-state index is 0.155. The number of nitrogens with one attached hydrogen (secondary N) is 2. The van der Waals surface area contributed by atoms with E-state index in [-0.39, 0.29) is 23.8 Å². The molecular weight excluding hydrogens is 379 g/mol. The van der Waals surface area contributed by atoms with Crippen LogP contribution in [0.15, 0.2) is 42.6 Å². The third-order valence-corrected chi connectivity index (χ3v) is 5.00. The Morgan fingerprint density at radius 3 is 2.70 bits per heavy atom. The zero-order chi connectivity index (χ0) is 19.6. The number of hydrogen-bond donors (Lipinski definition) is 2. The van der Waals surface area contributed by atoms with Crippen molar-refractivity contribution in [3.05, 3.63) is 64.4 Å². The number of carbonyl (C=O) groups is 1. The fraction of sp³-hybridized carbons (Fsp3) is 0.368. The first-order chi connectivity index (χ1) is 12.8. The second-order valence-corrected chi connectivity index (χ2v) is 7.07. The van der Waals surface area contributed by atoms with Crippen LogP contribution in [0.3, 0.4) is 0 Å². The molecule has 0 bridgehead atoms. The van der Waals surface area contributed by atoms with Gasteiger partial charge in [0.1, 0.15) is 5.69 Å². The number of hydrogen-bond acceptors (Lipinski definition) is 3. The lowest BCUT2D eigenvalue weighted by Crippen LogP contribution is -2.36. The first kappa shape index (κ1) is 19.6. The minimum Gasteiger partial charge on any atom is -0.349 e. The van der Waals surface area contributed by atoms with E-state index in [4.69, 9.17) is 11.6 Å². The topological polar surface area (TPSA) is 54.0 Å². The number of benzene rings is 1. The van der Waals surface area contributed by atoms with Crippen LogP contribution < -0.4 is 10.6 Å². The zero-order valence-corrected chi connectivity index (χ0v) is 15.3. The van der Waals surface area contributed by atoms with Crippen molar-refractivity contribution in [1.82, 2.24) is 15.6 Å². The summed E-state index contributed by atoms with van der Waals surface area (Å²) in [5.74, 6) is -0.770. The average Bonchev–Trinajstić information content (AvgIpc) is 3.11. The van der Waals surface area contributed by atoms with Crippen LogP contribution in [0.25, 0.3) is 0 Å². The highest BCUT2D eigenvalue weighted by atomic mass is 35.5. The summed E-state index contributed by atoms with van der Waals surface area (Å²) in [6.45, 7) is 2.83. The summed E-state index contributed by atoms with van der Waals surface area (Å²) in [6, 6.07) is 9.36. The quantitative estimate of drug-likeness (QED) is 0.821. The van der Waals surface area contributed by atoms with Crippen LogP contribution in [0.2, 0.25) is 5.02 Å². The Hall–Kier alpha value is -2.12. The van der Waals surface area contributed by atoms with Crippen LogP contribution in [-0.4, -0.2) is 24.0 Å². The van der Waals surface area contributed by atoms with Gasteiger partial charge in [0, 0.05) is 30.2 Å². The maximum absolute atomic E-state index is 12.7. The molecule has 2 heterocycles. The molecule has 4 nitrogen and oxygen atoms in total. The number of carbonyl (C=O) groups excluding carboxylic acids is 1. The smallest absolute Gasteiger partial charge is 0.349 e. The molecule has 1 fully saturated rings. The van der Waals surface area contributed by atoms with E-state index in [0.29, 0.717) is 23.7 Å². The summed E-state index contributed by atoms with van der Waals surface area (Å²) in [5.41, 5.74) is 0.561.